The maximum atomic E-state index is 12.5. The van der Waals surface area contributed by atoms with Crippen LogP contribution in [0.2, 0.25) is 0 Å². The molecule has 3 rings (SSSR count). The summed E-state index contributed by atoms with van der Waals surface area (Å²) in [5.74, 6) is 0.614. The normalized spacial score (nSPS) is 11.7. The SMILES string of the molecule is Cc1ccc(S(=O)(=O)Nc2nc(-c3ccc(CC(C)C)cc3)cs2)cc1. The first-order valence-electron chi connectivity index (χ1n) is 8.48. The maximum Gasteiger partial charge on any atom is 0.263 e. The Bertz CT molecular complexity index is 973. The van der Waals surface area contributed by atoms with E-state index in [1.54, 1.807) is 24.3 Å². The van der Waals surface area contributed by atoms with Crippen molar-refractivity contribution < 1.29 is 8.42 Å². The highest BCUT2D eigenvalue weighted by atomic mass is 32.2. The molecule has 0 aliphatic rings. The van der Waals surface area contributed by atoms with E-state index in [1.807, 2.05) is 24.4 Å². The predicted octanol–water partition coefficient (Wildman–Crippen LogP) is 5.12. The Morgan fingerprint density at radius 1 is 1.04 bits per heavy atom. The molecule has 2 aromatic carbocycles. The molecule has 136 valence electrons. The fourth-order valence-corrected chi connectivity index (χ4v) is 4.60. The van der Waals surface area contributed by atoms with Crippen LogP contribution in [0.1, 0.15) is 25.0 Å². The van der Waals surface area contributed by atoms with Gasteiger partial charge in [0, 0.05) is 10.9 Å². The molecule has 3 aromatic rings. The van der Waals surface area contributed by atoms with Crippen LogP contribution in [0.5, 0.6) is 0 Å². The summed E-state index contributed by atoms with van der Waals surface area (Å²) >= 11 is 1.28. The largest absolute Gasteiger partial charge is 0.263 e. The zero-order valence-electron chi connectivity index (χ0n) is 15.1. The zero-order chi connectivity index (χ0) is 18.7. The first-order valence-corrected chi connectivity index (χ1v) is 10.8. The summed E-state index contributed by atoms with van der Waals surface area (Å²) in [6.07, 6.45) is 1.04. The lowest BCUT2D eigenvalue weighted by Crippen LogP contribution is -2.12. The van der Waals surface area contributed by atoms with Crippen LogP contribution in [-0.4, -0.2) is 13.4 Å². The lowest BCUT2D eigenvalue weighted by molar-refractivity contribution is 0.601. The lowest BCUT2D eigenvalue weighted by Gasteiger charge is -2.06. The maximum absolute atomic E-state index is 12.5. The van der Waals surface area contributed by atoms with Gasteiger partial charge in [0.25, 0.3) is 10.0 Å². The fourth-order valence-electron chi connectivity index (χ4n) is 2.63. The minimum atomic E-state index is -3.62. The number of nitrogens with zero attached hydrogens (tertiary/aromatic N) is 1. The fraction of sp³-hybridized carbons (Fsp3) is 0.250. The lowest BCUT2D eigenvalue weighted by atomic mass is 10.0. The van der Waals surface area contributed by atoms with E-state index in [1.165, 1.54) is 16.9 Å². The molecule has 1 heterocycles. The van der Waals surface area contributed by atoms with Gasteiger partial charge in [0.15, 0.2) is 5.13 Å². The number of rotatable bonds is 6. The molecule has 1 aromatic heterocycles. The van der Waals surface area contributed by atoms with Crippen molar-refractivity contribution in [2.45, 2.75) is 32.1 Å². The van der Waals surface area contributed by atoms with Gasteiger partial charge < -0.3 is 0 Å². The average molecular weight is 387 g/mol. The van der Waals surface area contributed by atoms with E-state index in [0.717, 1.165) is 23.2 Å². The number of benzene rings is 2. The molecule has 6 heteroatoms. The van der Waals surface area contributed by atoms with Crippen LogP contribution in [0, 0.1) is 12.8 Å². The molecule has 26 heavy (non-hydrogen) atoms. The summed E-state index contributed by atoms with van der Waals surface area (Å²) in [6.45, 7) is 6.31. The highest BCUT2D eigenvalue weighted by Gasteiger charge is 2.16. The number of thiazole rings is 1. The van der Waals surface area contributed by atoms with Crippen molar-refractivity contribution in [2.75, 3.05) is 4.72 Å². The third kappa shape index (κ3) is 4.51. The summed E-state index contributed by atoms with van der Waals surface area (Å²) in [5.41, 5.74) is 4.06. The molecule has 0 amide bonds. The minimum absolute atomic E-state index is 0.234. The van der Waals surface area contributed by atoms with Crippen molar-refractivity contribution in [2.24, 2.45) is 5.92 Å². The molecule has 0 aliphatic heterocycles. The van der Waals surface area contributed by atoms with Gasteiger partial charge in [-0.1, -0.05) is 55.8 Å². The van der Waals surface area contributed by atoms with Crippen molar-refractivity contribution in [3.05, 3.63) is 65.0 Å². The summed E-state index contributed by atoms with van der Waals surface area (Å²) < 4.78 is 27.5. The van der Waals surface area contributed by atoms with Gasteiger partial charge in [0.2, 0.25) is 0 Å². The molecule has 0 spiro atoms. The van der Waals surface area contributed by atoms with Gasteiger partial charge in [-0.3, -0.25) is 4.72 Å². The Morgan fingerprint density at radius 2 is 1.69 bits per heavy atom. The second-order valence-corrected chi connectivity index (χ2v) is 9.29. The molecule has 4 nitrogen and oxygen atoms in total. The zero-order valence-corrected chi connectivity index (χ0v) is 16.7. The van der Waals surface area contributed by atoms with E-state index in [9.17, 15) is 8.42 Å². The predicted molar refractivity (Wildman–Crippen MR) is 108 cm³/mol. The summed E-state index contributed by atoms with van der Waals surface area (Å²) in [4.78, 5) is 4.66. The van der Waals surface area contributed by atoms with E-state index in [4.69, 9.17) is 0 Å². The van der Waals surface area contributed by atoms with Gasteiger partial charge in [-0.05, 0) is 37.0 Å². The third-order valence-corrected chi connectivity index (χ3v) is 6.19. The molecule has 1 N–H and O–H groups in total. The van der Waals surface area contributed by atoms with Gasteiger partial charge in [-0.15, -0.1) is 11.3 Å². The molecular formula is C20H22N2O2S2. The van der Waals surface area contributed by atoms with Crippen LogP contribution in [-0.2, 0) is 16.4 Å². The van der Waals surface area contributed by atoms with Gasteiger partial charge in [0.1, 0.15) is 0 Å². The molecule has 0 atom stereocenters. The number of nitrogens with one attached hydrogen (secondary N) is 1. The quantitative estimate of drug-likeness (QED) is 0.640. The van der Waals surface area contributed by atoms with E-state index in [-0.39, 0.29) is 4.90 Å². The minimum Gasteiger partial charge on any atom is -0.255 e. The van der Waals surface area contributed by atoms with Gasteiger partial charge >= 0.3 is 0 Å². The van der Waals surface area contributed by atoms with E-state index >= 15 is 0 Å². The third-order valence-electron chi connectivity index (χ3n) is 3.95. The van der Waals surface area contributed by atoms with E-state index in [0.29, 0.717) is 11.0 Å². The van der Waals surface area contributed by atoms with Crippen molar-refractivity contribution in [1.82, 2.24) is 4.98 Å². The molecule has 0 radical (unpaired) electrons. The Labute approximate surface area is 159 Å². The number of hydrogen-bond donors (Lipinski definition) is 1. The van der Waals surface area contributed by atoms with Crippen LogP contribution < -0.4 is 4.72 Å². The summed E-state index contributed by atoms with van der Waals surface area (Å²) in [5, 5.41) is 2.23. The molecule has 0 saturated heterocycles. The molecule has 0 saturated carbocycles. The molecule has 0 bridgehead atoms. The van der Waals surface area contributed by atoms with Crippen LogP contribution in [0.4, 0.5) is 5.13 Å². The summed E-state index contributed by atoms with van der Waals surface area (Å²) in [6, 6.07) is 15.0. The smallest absolute Gasteiger partial charge is 0.255 e. The number of aryl methyl sites for hydroxylation is 1. The Balaban J connectivity index is 1.76. The molecule has 0 unspecified atom stereocenters. The van der Waals surface area contributed by atoms with Crippen LogP contribution in [0.3, 0.4) is 0 Å². The highest BCUT2D eigenvalue weighted by molar-refractivity contribution is 7.93. The number of anilines is 1. The summed E-state index contributed by atoms with van der Waals surface area (Å²) in [7, 11) is -3.62. The Morgan fingerprint density at radius 3 is 2.31 bits per heavy atom. The Hall–Kier alpha value is -2.18. The molecule has 0 aliphatic carbocycles. The first kappa shape index (κ1) is 18.6. The van der Waals surface area contributed by atoms with Gasteiger partial charge in [-0.25, -0.2) is 13.4 Å². The Kier molecular flexibility index (Phi) is 5.44. The molecule has 0 fully saturated rings. The number of aromatic nitrogens is 1. The van der Waals surface area contributed by atoms with Crippen molar-refractivity contribution in [3.8, 4) is 11.3 Å². The standard InChI is InChI=1S/C20H22N2O2S2/c1-14(2)12-16-6-8-17(9-7-16)19-13-25-20(21-19)22-26(23,24)18-10-4-15(3)5-11-18/h4-11,13-14H,12H2,1-3H3,(H,21,22). The van der Waals surface area contributed by atoms with Crippen LogP contribution >= 0.6 is 11.3 Å². The topological polar surface area (TPSA) is 59.1 Å². The highest BCUT2D eigenvalue weighted by Crippen LogP contribution is 2.27. The second-order valence-electron chi connectivity index (χ2n) is 6.75. The van der Waals surface area contributed by atoms with Crippen molar-refractivity contribution >= 4 is 26.5 Å². The van der Waals surface area contributed by atoms with Gasteiger partial charge in [-0.2, -0.15) is 0 Å². The monoisotopic (exact) mass is 386 g/mol. The van der Waals surface area contributed by atoms with Crippen LogP contribution in [0.25, 0.3) is 11.3 Å². The van der Waals surface area contributed by atoms with Crippen molar-refractivity contribution in [1.29, 1.82) is 0 Å². The first-order chi connectivity index (χ1) is 12.3. The average Bonchev–Trinajstić information content (AvgIpc) is 3.03. The van der Waals surface area contributed by atoms with Crippen LogP contribution in [0.15, 0.2) is 58.8 Å². The van der Waals surface area contributed by atoms with Gasteiger partial charge in [0.05, 0.1) is 10.6 Å². The van der Waals surface area contributed by atoms with E-state index < -0.39 is 10.0 Å². The van der Waals surface area contributed by atoms with Crippen molar-refractivity contribution in [3.63, 3.8) is 0 Å². The number of hydrogen-bond acceptors (Lipinski definition) is 4. The number of sulfonamides is 1. The molecular weight excluding hydrogens is 364 g/mol. The second kappa shape index (κ2) is 7.60. The van der Waals surface area contributed by atoms with E-state index in [2.05, 4.69) is 35.7 Å².